The van der Waals surface area contributed by atoms with Gasteiger partial charge in [-0.1, -0.05) is 6.07 Å². The van der Waals surface area contributed by atoms with Gasteiger partial charge >= 0.3 is 0 Å². The molecule has 1 saturated heterocycles. The van der Waals surface area contributed by atoms with Crippen molar-refractivity contribution >= 4 is 17.2 Å². The van der Waals surface area contributed by atoms with E-state index in [9.17, 15) is 4.79 Å². The van der Waals surface area contributed by atoms with Gasteiger partial charge in [0.25, 0.3) is 0 Å². The highest BCUT2D eigenvalue weighted by atomic mass is 32.1. The van der Waals surface area contributed by atoms with Crippen molar-refractivity contribution in [1.82, 2.24) is 10.2 Å². The van der Waals surface area contributed by atoms with E-state index >= 15 is 0 Å². The van der Waals surface area contributed by atoms with Crippen LogP contribution in [0.15, 0.2) is 17.5 Å². The van der Waals surface area contributed by atoms with Crippen LogP contribution in [0.25, 0.3) is 0 Å². The quantitative estimate of drug-likeness (QED) is 0.875. The van der Waals surface area contributed by atoms with Crippen LogP contribution in [0, 0.1) is 5.92 Å². The molecule has 1 amide bonds. The molecule has 1 atom stereocenters. The third-order valence-corrected chi connectivity index (χ3v) is 5.26. The van der Waals surface area contributed by atoms with E-state index in [2.05, 4.69) is 29.8 Å². The number of carbonyl (C=O) groups is 1. The largest absolute Gasteiger partial charge is 0.343 e. The maximum Gasteiger partial charge on any atom is 0.222 e. The van der Waals surface area contributed by atoms with Gasteiger partial charge in [0.15, 0.2) is 0 Å². The normalized spacial score (nSPS) is 17.9. The summed E-state index contributed by atoms with van der Waals surface area (Å²) in [4.78, 5) is 15.6. The zero-order valence-electron chi connectivity index (χ0n) is 12.6. The van der Waals surface area contributed by atoms with Crippen LogP contribution in [0.4, 0.5) is 0 Å². The molecule has 0 aliphatic carbocycles. The summed E-state index contributed by atoms with van der Waals surface area (Å²) in [5, 5.41) is 5.47. The Kier molecular flexibility index (Phi) is 6.05. The van der Waals surface area contributed by atoms with E-state index in [1.54, 1.807) is 11.3 Å². The predicted molar refractivity (Wildman–Crippen MR) is 85.1 cm³/mol. The Bertz CT molecular complexity index is 399. The van der Waals surface area contributed by atoms with Crippen LogP contribution in [0.5, 0.6) is 0 Å². The number of carbonyl (C=O) groups excluding carboxylic acids is 1. The van der Waals surface area contributed by atoms with Gasteiger partial charge in [0, 0.05) is 30.8 Å². The van der Waals surface area contributed by atoms with E-state index in [-0.39, 0.29) is 6.04 Å². The van der Waals surface area contributed by atoms with Gasteiger partial charge in [0.2, 0.25) is 5.91 Å². The van der Waals surface area contributed by atoms with Crippen LogP contribution in [0.2, 0.25) is 0 Å². The Balaban J connectivity index is 1.73. The first-order chi connectivity index (χ1) is 9.66. The number of nitrogens with zero attached hydrogens (tertiary/aromatic N) is 1. The van der Waals surface area contributed by atoms with Crippen molar-refractivity contribution < 1.29 is 4.79 Å². The second kappa shape index (κ2) is 7.79. The lowest BCUT2D eigenvalue weighted by Crippen LogP contribution is -2.36. The second-order valence-electron chi connectivity index (χ2n) is 5.87. The minimum atomic E-state index is 0.286. The lowest BCUT2D eigenvalue weighted by atomic mass is 9.93. The molecule has 1 aliphatic heterocycles. The van der Waals surface area contributed by atoms with Gasteiger partial charge < -0.3 is 10.2 Å². The van der Waals surface area contributed by atoms with Gasteiger partial charge in [-0.15, -0.1) is 11.3 Å². The maximum absolute atomic E-state index is 12.3. The third kappa shape index (κ3) is 4.60. The van der Waals surface area contributed by atoms with Gasteiger partial charge in [-0.3, -0.25) is 4.79 Å². The molecule has 1 fully saturated rings. The van der Waals surface area contributed by atoms with Crippen molar-refractivity contribution in [1.29, 1.82) is 0 Å². The smallest absolute Gasteiger partial charge is 0.222 e. The van der Waals surface area contributed by atoms with Crippen molar-refractivity contribution in [3.8, 4) is 0 Å². The van der Waals surface area contributed by atoms with Gasteiger partial charge in [-0.05, 0) is 56.6 Å². The molecule has 3 nitrogen and oxygen atoms in total. The van der Waals surface area contributed by atoms with E-state index in [0.29, 0.717) is 12.3 Å². The first kappa shape index (κ1) is 15.5. The van der Waals surface area contributed by atoms with E-state index in [0.717, 1.165) is 31.8 Å². The molecule has 20 heavy (non-hydrogen) atoms. The highest BCUT2D eigenvalue weighted by Crippen LogP contribution is 2.19. The summed E-state index contributed by atoms with van der Waals surface area (Å²) in [7, 11) is 1.95. The predicted octanol–water partition coefficient (Wildman–Crippen LogP) is 2.92. The van der Waals surface area contributed by atoms with Crippen LogP contribution in [-0.4, -0.2) is 37.0 Å². The highest BCUT2D eigenvalue weighted by molar-refractivity contribution is 7.09. The number of piperidine rings is 1. The molecule has 1 aromatic rings. The van der Waals surface area contributed by atoms with Gasteiger partial charge in [-0.25, -0.2) is 0 Å². The van der Waals surface area contributed by atoms with Gasteiger partial charge in [-0.2, -0.15) is 0 Å². The topological polar surface area (TPSA) is 32.3 Å². The monoisotopic (exact) mass is 294 g/mol. The molecular formula is C16H26N2OS. The first-order valence-electron chi connectivity index (χ1n) is 7.65. The molecule has 0 spiro atoms. The van der Waals surface area contributed by atoms with E-state index < -0.39 is 0 Å². The second-order valence-corrected chi connectivity index (χ2v) is 6.90. The molecular weight excluding hydrogens is 268 g/mol. The SMILES string of the molecule is CC(Cc1cccs1)N(C)C(=O)CCC1CCNCC1. The molecule has 112 valence electrons. The fourth-order valence-electron chi connectivity index (χ4n) is 2.78. The molecule has 2 heterocycles. The number of rotatable bonds is 6. The molecule has 1 aromatic heterocycles. The zero-order chi connectivity index (χ0) is 14.4. The number of likely N-dealkylation sites (N-methyl/N-ethyl adjacent to an activating group) is 1. The summed E-state index contributed by atoms with van der Waals surface area (Å²) in [5.41, 5.74) is 0. The van der Waals surface area contributed by atoms with Crippen molar-refractivity contribution in [3.63, 3.8) is 0 Å². The fourth-order valence-corrected chi connectivity index (χ4v) is 3.60. The highest BCUT2D eigenvalue weighted by Gasteiger charge is 2.19. The van der Waals surface area contributed by atoms with Crippen LogP contribution >= 0.6 is 11.3 Å². The minimum Gasteiger partial charge on any atom is -0.343 e. The summed E-state index contributed by atoms with van der Waals surface area (Å²) in [6, 6.07) is 4.51. The molecule has 1 N–H and O–H groups in total. The third-order valence-electron chi connectivity index (χ3n) is 4.36. The standard InChI is InChI=1S/C16H26N2OS/c1-13(12-15-4-3-11-20-15)18(2)16(19)6-5-14-7-9-17-10-8-14/h3-4,11,13-14,17H,5-10,12H2,1-2H3. The summed E-state index contributed by atoms with van der Waals surface area (Å²) in [6.45, 7) is 4.37. The average molecular weight is 294 g/mol. The van der Waals surface area contributed by atoms with Crippen LogP contribution < -0.4 is 5.32 Å². The summed E-state index contributed by atoms with van der Waals surface area (Å²) in [5.74, 6) is 1.04. The number of hydrogen-bond acceptors (Lipinski definition) is 3. The Labute approximate surface area is 126 Å². The average Bonchev–Trinajstić information content (AvgIpc) is 2.98. The number of amides is 1. The van der Waals surface area contributed by atoms with Crippen LogP contribution in [0.1, 0.15) is 37.5 Å². The molecule has 4 heteroatoms. The molecule has 0 bridgehead atoms. The minimum absolute atomic E-state index is 0.286. The van der Waals surface area contributed by atoms with Crippen molar-refractivity contribution in [3.05, 3.63) is 22.4 Å². The Morgan fingerprint density at radius 1 is 1.50 bits per heavy atom. The van der Waals surface area contributed by atoms with Crippen LogP contribution in [-0.2, 0) is 11.2 Å². The Hall–Kier alpha value is -0.870. The molecule has 0 aromatic carbocycles. The lowest BCUT2D eigenvalue weighted by Gasteiger charge is -2.27. The van der Waals surface area contributed by atoms with Crippen LogP contribution in [0.3, 0.4) is 0 Å². The molecule has 0 saturated carbocycles. The Morgan fingerprint density at radius 2 is 2.25 bits per heavy atom. The summed E-state index contributed by atoms with van der Waals surface area (Å²) in [6.07, 6.45) is 5.17. The van der Waals surface area contributed by atoms with E-state index in [1.165, 1.54) is 17.7 Å². The van der Waals surface area contributed by atoms with Crippen molar-refractivity contribution in [2.24, 2.45) is 5.92 Å². The maximum atomic E-state index is 12.3. The van der Waals surface area contributed by atoms with Gasteiger partial charge in [0.05, 0.1) is 0 Å². The number of nitrogens with one attached hydrogen (secondary N) is 1. The molecule has 1 unspecified atom stereocenters. The van der Waals surface area contributed by atoms with Crippen molar-refractivity contribution in [2.75, 3.05) is 20.1 Å². The zero-order valence-corrected chi connectivity index (χ0v) is 13.4. The molecule has 2 rings (SSSR count). The fraction of sp³-hybridized carbons (Fsp3) is 0.688. The van der Waals surface area contributed by atoms with Crippen molar-refractivity contribution in [2.45, 2.75) is 45.1 Å². The Morgan fingerprint density at radius 3 is 2.90 bits per heavy atom. The summed E-state index contributed by atoms with van der Waals surface area (Å²) < 4.78 is 0. The molecule has 0 radical (unpaired) electrons. The number of thiophene rings is 1. The van der Waals surface area contributed by atoms with E-state index in [4.69, 9.17) is 0 Å². The molecule has 1 aliphatic rings. The first-order valence-corrected chi connectivity index (χ1v) is 8.53. The number of hydrogen-bond donors (Lipinski definition) is 1. The van der Waals surface area contributed by atoms with E-state index in [1.807, 2.05) is 11.9 Å². The van der Waals surface area contributed by atoms with Gasteiger partial charge in [0.1, 0.15) is 0 Å². The lowest BCUT2D eigenvalue weighted by molar-refractivity contribution is -0.132. The summed E-state index contributed by atoms with van der Waals surface area (Å²) >= 11 is 1.77.